The first-order valence-corrected chi connectivity index (χ1v) is 8.37. The Kier molecular flexibility index (Phi) is 4.04. The second kappa shape index (κ2) is 6.10. The smallest absolute Gasteiger partial charge is 0.368 e. The molecule has 0 amide bonds. The molecule has 4 rings (SSSR count). The molecule has 134 valence electrons. The van der Waals surface area contributed by atoms with Gasteiger partial charge in [-0.3, -0.25) is 15.0 Å². The predicted molar refractivity (Wildman–Crippen MR) is 83.7 cm³/mol. The zero-order valence-corrected chi connectivity index (χ0v) is 13.6. The molecule has 1 N–H and O–H groups in total. The van der Waals surface area contributed by atoms with E-state index in [-0.39, 0.29) is 5.60 Å². The number of H-pyrrole nitrogens is 1. The number of hydrogen-bond donors (Lipinski definition) is 1. The van der Waals surface area contributed by atoms with Crippen LogP contribution in [-0.2, 0) is 29.5 Å². The van der Waals surface area contributed by atoms with Crippen molar-refractivity contribution in [1.29, 1.82) is 0 Å². The summed E-state index contributed by atoms with van der Waals surface area (Å²) in [6.07, 6.45) is 1.37. The van der Waals surface area contributed by atoms with Gasteiger partial charge in [0.1, 0.15) is 11.3 Å². The highest BCUT2D eigenvalue weighted by molar-refractivity contribution is 5.26. The summed E-state index contributed by atoms with van der Waals surface area (Å²) in [5.74, 6) is 0. The Bertz CT molecular complexity index is 733. The third kappa shape index (κ3) is 3.16. The van der Waals surface area contributed by atoms with Crippen LogP contribution in [0.3, 0.4) is 0 Å². The molecule has 25 heavy (non-hydrogen) atoms. The van der Waals surface area contributed by atoms with Crippen molar-refractivity contribution in [3.8, 4) is 0 Å². The highest BCUT2D eigenvalue weighted by Crippen LogP contribution is 2.40. The summed E-state index contributed by atoms with van der Waals surface area (Å²) in [4.78, 5) is 5.76. The first-order valence-electron chi connectivity index (χ1n) is 8.37. The van der Waals surface area contributed by atoms with Crippen LogP contribution in [0.1, 0.15) is 35.4 Å². The van der Waals surface area contributed by atoms with Gasteiger partial charge in [0.25, 0.3) is 0 Å². The zero-order valence-electron chi connectivity index (χ0n) is 13.6. The number of nitrogens with one attached hydrogen (secondary N) is 1. The number of piperidine rings is 1. The van der Waals surface area contributed by atoms with Gasteiger partial charge in [0, 0.05) is 25.8 Å². The standard InChI is InChI=1S/C17H19F3N4O/c18-17(19,20)14-2-1-12(9-21-14)11-24-6-4-16(5-7-24)15-13(3-8-25-16)10-22-23-15/h1-2,9-10H,3-8,11H2,(H,22,23). The number of aromatic nitrogens is 3. The number of aromatic amines is 1. The van der Waals surface area contributed by atoms with E-state index in [9.17, 15) is 13.2 Å². The van der Waals surface area contributed by atoms with Crippen LogP contribution in [-0.4, -0.2) is 39.8 Å². The Morgan fingerprint density at radius 1 is 1.20 bits per heavy atom. The molecule has 2 aromatic rings. The molecule has 0 bridgehead atoms. The molecule has 2 aliphatic heterocycles. The fourth-order valence-electron chi connectivity index (χ4n) is 3.73. The van der Waals surface area contributed by atoms with Crippen LogP contribution in [0.2, 0.25) is 0 Å². The fourth-order valence-corrected chi connectivity index (χ4v) is 3.73. The maximum atomic E-state index is 12.6. The lowest BCUT2D eigenvalue weighted by atomic mass is 9.83. The van der Waals surface area contributed by atoms with Gasteiger partial charge in [-0.15, -0.1) is 0 Å². The quantitative estimate of drug-likeness (QED) is 0.903. The molecule has 4 heterocycles. The number of likely N-dealkylation sites (tertiary alicyclic amines) is 1. The lowest BCUT2D eigenvalue weighted by molar-refractivity contribution is -0.141. The molecular weight excluding hydrogens is 333 g/mol. The normalized spacial score (nSPS) is 20.6. The van der Waals surface area contributed by atoms with E-state index in [2.05, 4.69) is 20.1 Å². The average molecular weight is 352 g/mol. The molecule has 2 aromatic heterocycles. The van der Waals surface area contributed by atoms with Gasteiger partial charge in [0.05, 0.1) is 18.5 Å². The van der Waals surface area contributed by atoms with Crippen LogP contribution in [0, 0.1) is 0 Å². The van der Waals surface area contributed by atoms with Crippen LogP contribution in [0.15, 0.2) is 24.5 Å². The lowest BCUT2D eigenvalue weighted by Gasteiger charge is -2.43. The number of rotatable bonds is 2. The van der Waals surface area contributed by atoms with E-state index < -0.39 is 11.9 Å². The Hall–Kier alpha value is -1.93. The summed E-state index contributed by atoms with van der Waals surface area (Å²) in [6.45, 7) is 2.94. The van der Waals surface area contributed by atoms with Crippen LogP contribution in [0.5, 0.6) is 0 Å². The molecule has 2 aliphatic rings. The van der Waals surface area contributed by atoms with Gasteiger partial charge in [-0.05, 0) is 36.5 Å². The average Bonchev–Trinajstić information content (AvgIpc) is 3.07. The maximum Gasteiger partial charge on any atom is 0.433 e. The Balaban J connectivity index is 1.40. The van der Waals surface area contributed by atoms with Gasteiger partial charge in [-0.1, -0.05) is 6.07 Å². The second-order valence-electron chi connectivity index (χ2n) is 6.69. The zero-order chi connectivity index (χ0) is 17.5. The molecule has 0 aromatic carbocycles. The van der Waals surface area contributed by atoms with Crippen molar-refractivity contribution in [3.63, 3.8) is 0 Å². The summed E-state index contributed by atoms with van der Waals surface area (Å²) >= 11 is 0. The van der Waals surface area contributed by atoms with E-state index in [0.29, 0.717) is 13.2 Å². The molecular formula is C17H19F3N4O. The third-order valence-corrected chi connectivity index (χ3v) is 5.11. The highest BCUT2D eigenvalue weighted by Gasteiger charge is 2.42. The number of hydrogen-bond acceptors (Lipinski definition) is 4. The van der Waals surface area contributed by atoms with Gasteiger partial charge < -0.3 is 4.74 Å². The minimum Gasteiger partial charge on any atom is -0.368 e. The van der Waals surface area contributed by atoms with Crippen molar-refractivity contribution in [3.05, 3.63) is 47.0 Å². The molecule has 1 saturated heterocycles. The molecule has 1 spiro atoms. The number of fused-ring (bicyclic) bond motifs is 2. The first kappa shape index (κ1) is 16.5. The minimum atomic E-state index is -4.39. The van der Waals surface area contributed by atoms with Crippen LogP contribution in [0.4, 0.5) is 13.2 Å². The summed E-state index contributed by atoms with van der Waals surface area (Å²) in [7, 11) is 0. The highest BCUT2D eigenvalue weighted by atomic mass is 19.4. The van der Waals surface area contributed by atoms with E-state index in [1.54, 1.807) is 0 Å². The van der Waals surface area contributed by atoms with Crippen molar-refractivity contribution in [2.24, 2.45) is 0 Å². The van der Waals surface area contributed by atoms with Crippen LogP contribution >= 0.6 is 0 Å². The van der Waals surface area contributed by atoms with Crippen molar-refractivity contribution < 1.29 is 17.9 Å². The number of alkyl halides is 3. The van der Waals surface area contributed by atoms with E-state index in [4.69, 9.17) is 4.74 Å². The molecule has 8 heteroatoms. The summed E-state index contributed by atoms with van der Waals surface area (Å²) in [5.41, 5.74) is 1.96. The topological polar surface area (TPSA) is 54.0 Å². The molecule has 0 saturated carbocycles. The van der Waals surface area contributed by atoms with E-state index >= 15 is 0 Å². The molecule has 5 nitrogen and oxygen atoms in total. The number of halogens is 3. The van der Waals surface area contributed by atoms with Gasteiger partial charge in [-0.2, -0.15) is 18.3 Å². The number of ether oxygens (including phenoxy) is 1. The first-order chi connectivity index (χ1) is 12.0. The molecule has 0 aliphatic carbocycles. The minimum absolute atomic E-state index is 0.293. The second-order valence-corrected chi connectivity index (χ2v) is 6.69. The molecule has 0 radical (unpaired) electrons. The Morgan fingerprint density at radius 3 is 2.68 bits per heavy atom. The van der Waals surface area contributed by atoms with Gasteiger partial charge in [-0.25, -0.2) is 0 Å². The summed E-state index contributed by atoms with van der Waals surface area (Å²) < 4.78 is 43.8. The summed E-state index contributed by atoms with van der Waals surface area (Å²) in [6, 6.07) is 2.55. The number of pyridine rings is 1. The Morgan fingerprint density at radius 2 is 2.00 bits per heavy atom. The van der Waals surface area contributed by atoms with Gasteiger partial charge in [0.15, 0.2) is 0 Å². The lowest BCUT2D eigenvalue weighted by Crippen LogP contribution is -2.46. The Labute approximate surface area is 143 Å². The van der Waals surface area contributed by atoms with Crippen molar-refractivity contribution in [1.82, 2.24) is 20.1 Å². The monoisotopic (exact) mass is 352 g/mol. The van der Waals surface area contributed by atoms with E-state index in [1.165, 1.54) is 17.8 Å². The summed E-state index contributed by atoms with van der Waals surface area (Å²) in [5, 5.41) is 7.24. The third-order valence-electron chi connectivity index (χ3n) is 5.11. The molecule has 0 atom stereocenters. The van der Waals surface area contributed by atoms with Crippen LogP contribution < -0.4 is 0 Å². The fraction of sp³-hybridized carbons (Fsp3) is 0.529. The van der Waals surface area contributed by atoms with Gasteiger partial charge >= 0.3 is 6.18 Å². The predicted octanol–water partition coefficient (Wildman–Crippen LogP) is 2.89. The maximum absolute atomic E-state index is 12.6. The van der Waals surface area contributed by atoms with Crippen molar-refractivity contribution in [2.45, 2.75) is 37.6 Å². The number of nitrogens with zero attached hydrogens (tertiary/aromatic N) is 3. The van der Waals surface area contributed by atoms with E-state index in [0.717, 1.165) is 49.7 Å². The van der Waals surface area contributed by atoms with Crippen molar-refractivity contribution >= 4 is 0 Å². The largest absolute Gasteiger partial charge is 0.433 e. The SMILES string of the molecule is FC(F)(F)c1ccc(CN2CCC3(CC2)OCCc2cn[nH]c23)cn1. The van der Waals surface area contributed by atoms with E-state index in [1.807, 2.05) is 6.20 Å². The van der Waals surface area contributed by atoms with Crippen LogP contribution in [0.25, 0.3) is 0 Å². The molecule has 0 unspecified atom stereocenters. The van der Waals surface area contributed by atoms with Gasteiger partial charge in [0.2, 0.25) is 0 Å². The molecule has 1 fully saturated rings. The van der Waals surface area contributed by atoms with Crippen molar-refractivity contribution in [2.75, 3.05) is 19.7 Å².